The second kappa shape index (κ2) is 7.11. The standard InChI is InChI=1S/C19H22N4O2/c20-18-17-16(23(22-18)15-8-4-5-11-24-13-15)9-10-21-19(17)25-12-14-6-2-1-3-7-14/h1-3,6-7,9-10,15H,4-5,8,11-13H2,(H2,20,22)/t15-/m1/s1. The molecular weight excluding hydrogens is 316 g/mol. The Morgan fingerprint density at radius 3 is 2.96 bits per heavy atom. The number of rotatable bonds is 4. The van der Waals surface area contributed by atoms with Gasteiger partial charge in [0.25, 0.3) is 0 Å². The molecule has 0 aliphatic carbocycles. The molecule has 6 nitrogen and oxygen atoms in total. The van der Waals surface area contributed by atoms with Crippen molar-refractivity contribution in [2.75, 3.05) is 18.9 Å². The Hall–Kier alpha value is -2.60. The predicted octanol–water partition coefficient (Wildman–Crippen LogP) is 3.33. The average molecular weight is 338 g/mol. The van der Waals surface area contributed by atoms with Crippen LogP contribution in [0.3, 0.4) is 0 Å². The molecule has 3 heterocycles. The van der Waals surface area contributed by atoms with Crippen molar-refractivity contribution in [1.82, 2.24) is 14.8 Å². The van der Waals surface area contributed by atoms with Crippen molar-refractivity contribution in [2.24, 2.45) is 0 Å². The van der Waals surface area contributed by atoms with E-state index >= 15 is 0 Å². The third-order valence-electron chi connectivity index (χ3n) is 4.56. The van der Waals surface area contributed by atoms with Gasteiger partial charge in [-0.2, -0.15) is 5.10 Å². The predicted molar refractivity (Wildman–Crippen MR) is 96.4 cm³/mol. The lowest BCUT2D eigenvalue weighted by molar-refractivity contribution is 0.116. The lowest BCUT2D eigenvalue weighted by Crippen LogP contribution is -2.15. The van der Waals surface area contributed by atoms with Crippen LogP contribution in [-0.4, -0.2) is 28.0 Å². The molecule has 0 bridgehead atoms. The molecule has 1 aliphatic rings. The molecule has 0 spiro atoms. The molecule has 2 N–H and O–H groups in total. The van der Waals surface area contributed by atoms with Gasteiger partial charge in [-0.25, -0.2) is 4.98 Å². The molecule has 1 saturated heterocycles. The Labute approximate surface area is 146 Å². The highest BCUT2D eigenvalue weighted by Crippen LogP contribution is 2.32. The monoisotopic (exact) mass is 338 g/mol. The normalized spacial score (nSPS) is 18.2. The van der Waals surface area contributed by atoms with E-state index < -0.39 is 0 Å². The first-order valence-electron chi connectivity index (χ1n) is 8.70. The minimum atomic E-state index is 0.201. The number of fused-ring (bicyclic) bond motifs is 1. The minimum Gasteiger partial charge on any atom is -0.472 e. The number of nitrogen functional groups attached to an aromatic ring is 1. The highest BCUT2D eigenvalue weighted by molar-refractivity contribution is 5.93. The molecule has 3 aromatic rings. The summed E-state index contributed by atoms with van der Waals surface area (Å²) in [7, 11) is 0. The van der Waals surface area contributed by atoms with E-state index in [9.17, 15) is 0 Å². The van der Waals surface area contributed by atoms with Crippen LogP contribution in [0.2, 0.25) is 0 Å². The third kappa shape index (κ3) is 3.30. The van der Waals surface area contributed by atoms with E-state index in [1.807, 2.05) is 41.1 Å². The molecule has 0 amide bonds. The maximum absolute atomic E-state index is 6.20. The van der Waals surface area contributed by atoms with Crippen molar-refractivity contribution in [3.8, 4) is 5.88 Å². The van der Waals surface area contributed by atoms with E-state index in [0.717, 1.165) is 42.3 Å². The van der Waals surface area contributed by atoms with E-state index in [1.54, 1.807) is 6.20 Å². The number of nitrogens with two attached hydrogens (primary N) is 1. The molecule has 1 fully saturated rings. The maximum Gasteiger partial charge on any atom is 0.227 e. The number of pyridine rings is 1. The molecule has 0 unspecified atom stereocenters. The number of benzene rings is 1. The fourth-order valence-corrected chi connectivity index (χ4v) is 3.28. The number of anilines is 1. The first-order chi connectivity index (χ1) is 12.3. The lowest BCUT2D eigenvalue weighted by Gasteiger charge is -2.15. The Morgan fingerprint density at radius 1 is 1.20 bits per heavy atom. The van der Waals surface area contributed by atoms with Gasteiger partial charge in [-0.05, 0) is 30.9 Å². The Balaban J connectivity index is 1.65. The van der Waals surface area contributed by atoms with E-state index in [2.05, 4.69) is 10.1 Å². The quantitative estimate of drug-likeness (QED) is 0.790. The van der Waals surface area contributed by atoms with Crippen LogP contribution in [0.15, 0.2) is 42.6 Å². The summed E-state index contributed by atoms with van der Waals surface area (Å²) >= 11 is 0. The molecular formula is C19H22N4O2. The van der Waals surface area contributed by atoms with Crippen molar-refractivity contribution in [2.45, 2.75) is 31.9 Å². The molecule has 1 aromatic carbocycles. The second-order valence-corrected chi connectivity index (χ2v) is 6.34. The van der Waals surface area contributed by atoms with Gasteiger partial charge < -0.3 is 15.2 Å². The Morgan fingerprint density at radius 2 is 2.08 bits per heavy atom. The summed E-state index contributed by atoms with van der Waals surface area (Å²) in [6, 6.07) is 12.2. The van der Waals surface area contributed by atoms with Crippen LogP contribution in [-0.2, 0) is 11.3 Å². The summed E-state index contributed by atoms with van der Waals surface area (Å²) in [5, 5.41) is 5.35. The third-order valence-corrected chi connectivity index (χ3v) is 4.56. The van der Waals surface area contributed by atoms with Crippen LogP contribution in [0.4, 0.5) is 5.82 Å². The summed E-state index contributed by atoms with van der Waals surface area (Å²) in [5.74, 6) is 0.982. The smallest absolute Gasteiger partial charge is 0.227 e. The molecule has 25 heavy (non-hydrogen) atoms. The molecule has 1 atom stereocenters. The van der Waals surface area contributed by atoms with Crippen molar-refractivity contribution in [3.63, 3.8) is 0 Å². The zero-order valence-electron chi connectivity index (χ0n) is 14.1. The van der Waals surface area contributed by atoms with Crippen molar-refractivity contribution < 1.29 is 9.47 Å². The summed E-state index contributed by atoms with van der Waals surface area (Å²) in [6.07, 6.45) is 5.02. The number of hydrogen-bond donors (Lipinski definition) is 1. The molecule has 0 radical (unpaired) electrons. The zero-order chi connectivity index (χ0) is 17.1. The van der Waals surface area contributed by atoms with Crippen molar-refractivity contribution in [1.29, 1.82) is 0 Å². The molecule has 130 valence electrons. The van der Waals surface area contributed by atoms with Gasteiger partial charge in [0.1, 0.15) is 12.0 Å². The van der Waals surface area contributed by atoms with Gasteiger partial charge in [0.15, 0.2) is 5.82 Å². The van der Waals surface area contributed by atoms with Crippen LogP contribution in [0.1, 0.15) is 30.9 Å². The molecule has 2 aromatic heterocycles. The first kappa shape index (κ1) is 15.9. The SMILES string of the molecule is Nc1nn([C@@H]2CCCCOC2)c2ccnc(OCc3ccccc3)c12. The average Bonchev–Trinajstić information content (AvgIpc) is 2.83. The number of nitrogens with zero attached hydrogens (tertiary/aromatic N) is 3. The number of aromatic nitrogens is 3. The van der Waals surface area contributed by atoms with Gasteiger partial charge in [0, 0.05) is 12.8 Å². The maximum atomic E-state index is 6.20. The van der Waals surface area contributed by atoms with Crippen molar-refractivity contribution in [3.05, 3.63) is 48.2 Å². The largest absolute Gasteiger partial charge is 0.472 e. The van der Waals surface area contributed by atoms with Crippen LogP contribution in [0, 0.1) is 0 Å². The lowest BCUT2D eigenvalue weighted by atomic mass is 10.1. The topological polar surface area (TPSA) is 75.2 Å². The van der Waals surface area contributed by atoms with Gasteiger partial charge in [-0.3, -0.25) is 4.68 Å². The molecule has 4 rings (SSSR count). The van der Waals surface area contributed by atoms with E-state index in [1.165, 1.54) is 0 Å². The van der Waals surface area contributed by atoms with Crippen LogP contribution in [0.25, 0.3) is 10.9 Å². The Kier molecular flexibility index (Phi) is 4.52. The number of hydrogen-bond acceptors (Lipinski definition) is 5. The zero-order valence-corrected chi connectivity index (χ0v) is 14.1. The summed E-state index contributed by atoms with van der Waals surface area (Å²) < 4.78 is 13.6. The second-order valence-electron chi connectivity index (χ2n) is 6.34. The first-order valence-corrected chi connectivity index (χ1v) is 8.70. The minimum absolute atomic E-state index is 0.201. The van der Waals surface area contributed by atoms with Gasteiger partial charge in [-0.15, -0.1) is 0 Å². The van der Waals surface area contributed by atoms with Gasteiger partial charge in [0.05, 0.1) is 18.2 Å². The molecule has 1 aliphatic heterocycles. The van der Waals surface area contributed by atoms with E-state index in [0.29, 0.717) is 24.9 Å². The van der Waals surface area contributed by atoms with Gasteiger partial charge in [-0.1, -0.05) is 30.3 Å². The molecule has 0 saturated carbocycles. The summed E-state index contributed by atoms with van der Waals surface area (Å²) in [6.45, 7) is 1.93. The van der Waals surface area contributed by atoms with Crippen molar-refractivity contribution >= 4 is 16.7 Å². The van der Waals surface area contributed by atoms with Crippen LogP contribution < -0.4 is 10.5 Å². The van der Waals surface area contributed by atoms with Gasteiger partial charge in [0.2, 0.25) is 5.88 Å². The van der Waals surface area contributed by atoms with Crippen LogP contribution in [0.5, 0.6) is 5.88 Å². The highest BCUT2D eigenvalue weighted by atomic mass is 16.5. The van der Waals surface area contributed by atoms with E-state index in [-0.39, 0.29) is 6.04 Å². The fraction of sp³-hybridized carbons (Fsp3) is 0.368. The number of ether oxygens (including phenoxy) is 2. The Bertz CT molecular complexity index is 839. The fourth-order valence-electron chi connectivity index (χ4n) is 3.28. The van der Waals surface area contributed by atoms with Crippen LogP contribution >= 0.6 is 0 Å². The van der Waals surface area contributed by atoms with Gasteiger partial charge >= 0.3 is 0 Å². The highest BCUT2D eigenvalue weighted by Gasteiger charge is 2.21. The molecule has 6 heteroatoms. The summed E-state index contributed by atoms with van der Waals surface area (Å²) in [5.41, 5.74) is 8.24. The van der Waals surface area contributed by atoms with E-state index in [4.69, 9.17) is 15.2 Å². The summed E-state index contributed by atoms with van der Waals surface area (Å²) in [4.78, 5) is 4.37.